The highest BCUT2D eigenvalue weighted by Gasteiger charge is 2.20. The smallest absolute Gasteiger partial charge is 0.261 e. The predicted molar refractivity (Wildman–Crippen MR) is 74.2 cm³/mol. The number of hydrogen-bond acceptors (Lipinski definition) is 2. The predicted octanol–water partition coefficient (Wildman–Crippen LogP) is 3.00. The molecule has 0 spiro atoms. The van der Waals surface area contributed by atoms with Crippen LogP contribution in [-0.4, -0.2) is 10.9 Å². The molecule has 1 rings (SSSR count). The number of aromatic nitrogens is 1. The number of nitrogens with zero attached hydrogens (tertiary/aromatic N) is 1. The molecule has 0 N–H and O–H groups in total. The Labute approximate surface area is 109 Å². The van der Waals surface area contributed by atoms with Gasteiger partial charge in [0.1, 0.15) is 0 Å². The molecule has 1 aromatic rings. The second kappa shape index (κ2) is 5.51. The zero-order valence-corrected chi connectivity index (χ0v) is 12.0. The third kappa shape index (κ3) is 3.31. The van der Waals surface area contributed by atoms with Crippen LogP contribution in [0.3, 0.4) is 0 Å². The molecule has 0 aliphatic rings. The van der Waals surface area contributed by atoms with Gasteiger partial charge >= 0.3 is 0 Å². The Balaban J connectivity index is 3.31. The minimum Gasteiger partial charge on any atom is -0.312 e. The molecule has 0 aliphatic carbocycles. The van der Waals surface area contributed by atoms with E-state index in [-0.39, 0.29) is 16.5 Å². The van der Waals surface area contributed by atoms with E-state index < -0.39 is 0 Å². The van der Waals surface area contributed by atoms with Crippen molar-refractivity contribution < 1.29 is 4.79 Å². The van der Waals surface area contributed by atoms with Gasteiger partial charge in [-0.15, -0.1) is 0 Å². The highest BCUT2D eigenvalue weighted by molar-refractivity contribution is 5.74. The molecular formula is C15H23NO2. The quantitative estimate of drug-likeness (QED) is 0.769. The standard InChI is InChI=1S/C15H23NO2/c1-11(2)8-9-16-13(15(3,4)5)7-6-12(10-17)14(16)18/h6-7,10-11H,8-9H2,1-5H3. The summed E-state index contributed by atoms with van der Waals surface area (Å²) in [6.07, 6.45) is 1.58. The van der Waals surface area contributed by atoms with Gasteiger partial charge in [-0.2, -0.15) is 0 Å². The third-order valence-electron chi connectivity index (χ3n) is 3.03. The molecule has 0 unspecified atom stereocenters. The molecule has 0 atom stereocenters. The molecular weight excluding hydrogens is 226 g/mol. The summed E-state index contributed by atoms with van der Waals surface area (Å²) in [7, 11) is 0. The fourth-order valence-electron chi connectivity index (χ4n) is 1.95. The zero-order valence-electron chi connectivity index (χ0n) is 12.0. The van der Waals surface area contributed by atoms with E-state index >= 15 is 0 Å². The van der Waals surface area contributed by atoms with Crippen LogP contribution in [0.15, 0.2) is 16.9 Å². The lowest BCUT2D eigenvalue weighted by atomic mass is 9.90. The van der Waals surface area contributed by atoms with Gasteiger partial charge in [0.25, 0.3) is 5.56 Å². The maximum Gasteiger partial charge on any atom is 0.261 e. The Kier molecular flexibility index (Phi) is 4.49. The van der Waals surface area contributed by atoms with Gasteiger partial charge in [0.15, 0.2) is 6.29 Å². The van der Waals surface area contributed by atoms with Crippen molar-refractivity contribution >= 4 is 6.29 Å². The molecule has 1 aromatic heterocycles. The average molecular weight is 249 g/mol. The van der Waals surface area contributed by atoms with Crippen LogP contribution in [-0.2, 0) is 12.0 Å². The number of aldehydes is 1. The summed E-state index contributed by atoms with van der Waals surface area (Å²) in [5, 5.41) is 0. The highest BCUT2D eigenvalue weighted by atomic mass is 16.1. The molecule has 0 saturated carbocycles. The lowest BCUT2D eigenvalue weighted by Crippen LogP contribution is -2.32. The zero-order chi connectivity index (χ0) is 13.9. The van der Waals surface area contributed by atoms with Crippen LogP contribution in [0, 0.1) is 5.92 Å². The Morgan fingerprint density at radius 3 is 2.33 bits per heavy atom. The number of hydrogen-bond donors (Lipinski definition) is 0. The molecule has 0 radical (unpaired) electrons. The molecule has 0 aromatic carbocycles. The van der Waals surface area contributed by atoms with Crippen LogP contribution < -0.4 is 5.56 Å². The van der Waals surface area contributed by atoms with Crippen molar-refractivity contribution in [3.05, 3.63) is 33.7 Å². The summed E-state index contributed by atoms with van der Waals surface area (Å²) < 4.78 is 1.75. The molecule has 3 heteroatoms. The minimum absolute atomic E-state index is 0.0996. The molecule has 3 nitrogen and oxygen atoms in total. The van der Waals surface area contributed by atoms with Gasteiger partial charge in [0.05, 0.1) is 5.56 Å². The normalized spacial score (nSPS) is 11.9. The Morgan fingerprint density at radius 2 is 1.89 bits per heavy atom. The molecule has 0 aliphatic heterocycles. The van der Waals surface area contributed by atoms with Crippen LogP contribution in [0.1, 0.15) is 57.1 Å². The van der Waals surface area contributed by atoms with Crippen molar-refractivity contribution in [2.75, 3.05) is 0 Å². The summed E-state index contributed by atoms with van der Waals surface area (Å²) in [6.45, 7) is 11.2. The van der Waals surface area contributed by atoms with E-state index in [1.165, 1.54) is 0 Å². The van der Waals surface area contributed by atoms with E-state index in [2.05, 4.69) is 34.6 Å². The number of carbonyl (C=O) groups excluding carboxylic acids is 1. The topological polar surface area (TPSA) is 39.1 Å². The molecule has 0 bridgehead atoms. The van der Waals surface area contributed by atoms with Crippen molar-refractivity contribution in [2.24, 2.45) is 5.92 Å². The third-order valence-corrected chi connectivity index (χ3v) is 3.03. The van der Waals surface area contributed by atoms with E-state index in [9.17, 15) is 9.59 Å². The lowest BCUT2D eigenvalue weighted by molar-refractivity contribution is 0.112. The van der Waals surface area contributed by atoms with E-state index in [0.717, 1.165) is 12.1 Å². The second-order valence-corrected chi connectivity index (χ2v) is 6.18. The van der Waals surface area contributed by atoms with Crippen molar-refractivity contribution in [1.82, 2.24) is 4.57 Å². The van der Waals surface area contributed by atoms with Gasteiger partial charge in [0, 0.05) is 17.7 Å². The maximum atomic E-state index is 12.2. The molecule has 18 heavy (non-hydrogen) atoms. The fraction of sp³-hybridized carbons (Fsp3) is 0.600. The summed E-state index contributed by atoms with van der Waals surface area (Å²) in [6, 6.07) is 3.52. The Bertz CT molecular complexity index is 478. The first-order valence-corrected chi connectivity index (χ1v) is 6.47. The number of rotatable bonds is 4. The van der Waals surface area contributed by atoms with Gasteiger partial charge in [-0.1, -0.05) is 34.6 Å². The first kappa shape index (κ1) is 14.7. The van der Waals surface area contributed by atoms with Crippen LogP contribution in [0.25, 0.3) is 0 Å². The van der Waals surface area contributed by atoms with Crippen LogP contribution in [0.5, 0.6) is 0 Å². The Morgan fingerprint density at radius 1 is 1.28 bits per heavy atom. The fourth-order valence-corrected chi connectivity index (χ4v) is 1.95. The van der Waals surface area contributed by atoms with E-state index in [0.29, 0.717) is 18.7 Å². The van der Waals surface area contributed by atoms with Gasteiger partial charge in [-0.05, 0) is 24.5 Å². The summed E-state index contributed by atoms with van der Waals surface area (Å²) >= 11 is 0. The summed E-state index contributed by atoms with van der Waals surface area (Å²) in [5.41, 5.74) is 0.959. The SMILES string of the molecule is CC(C)CCn1c(C(C)(C)C)ccc(C=O)c1=O. The van der Waals surface area contributed by atoms with E-state index in [1.807, 2.05) is 6.07 Å². The van der Waals surface area contributed by atoms with Gasteiger partial charge in [-0.25, -0.2) is 0 Å². The Hall–Kier alpha value is -1.38. The molecule has 100 valence electrons. The molecule has 0 saturated heterocycles. The minimum atomic E-state index is -0.168. The molecule has 0 fully saturated rings. The van der Waals surface area contributed by atoms with E-state index in [4.69, 9.17) is 0 Å². The van der Waals surface area contributed by atoms with Crippen molar-refractivity contribution in [2.45, 2.75) is 53.0 Å². The highest BCUT2D eigenvalue weighted by Crippen LogP contribution is 2.21. The monoisotopic (exact) mass is 249 g/mol. The largest absolute Gasteiger partial charge is 0.312 e. The average Bonchev–Trinajstić information content (AvgIpc) is 2.25. The van der Waals surface area contributed by atoms with Gasteiger partial charge in [0.2, 0.25) is 0 Å². The van der Waals surface area contributed by atoms with Crippen LogP contribution in [0.2, 0.25) is 0 Å². The maximum absolute atomic E-state index is 12.2. The van der Waals surface area contributed by atoms with E-state index in [1.54, 1.807) is 10.6 Å². The lowest BCUT2D eigenvalue weighted by Gasteiger charge is -2.24. The van der Waals surface area contributed by atoms with Gasteiger partial charge < -0.3 is 4.57 Å². The van der Waals surface area contributed by atoms with Crippen molar-refractivity contribution in [3.63, 3.8) is 0 Å². The summed E-state index contributed by atoms with van der Waals surface area (Å²) in [5.74, 6) is 0.532. The summed E-state index contributed by atoms with van der Waals surface area (Å²) in [4.78, 5) is 23.1. The van der Waals surface area contributed by atoms with Crippen molar-refractivity contribution in [1.29, 1.82) is 0 Å². The van der Waals surface area contributed by atoms with Gasteiger partial charge in [-0.3, -0.25) is 9.59 Å². The number of carbonyl (C=O) groups is 1. The number of pyridine rings is 1. The first-order chi connectivity index (χ1) is 8.27. The first-order valence-electron chi connectivity index (χ1n) is 6.47. The second-order valence-electron chi connectivity index (χ2n) is 6.18. The van der Waals surface area contributed by atoms with Crippen molar-refractivity contribution in [3.8, 4) is 0 Å². The van der Waals surface area contributed by atoms with Crippen LogP contribution >= 0.6 is 0 Å². The molecule has 1 heterocycles. The van der Waals surface area contributed by atoms with Crippen LogP contribution in [0.4, 0.5) is 0 Å². The molecule has 0 amide bonds.